The zero-order valence-electron chi connectivity index (χ0n) is 16.4. The van der Waals surface area contributed by atoms with Crippen molar-refractivity contribution in [1.29, 1.82) is 5.26 Å². The van der Waals surface area contributed by atoms with Crippen LogP contribution < -0.4 is 11.1 Å². The van der Waals surface area contributed by atoms with E-state index in [2.05, 4.69) is 11.4 Å². The van der Waals surface area contributed by atoms with Gasteiger partial charge in [0.2, 0.25) is 5.91 Å². The number of fused-ring (bicyclic) bond motifs is 1. The number of carbonyl (C=O) groups is 2. The van der Waals surface area contributed by atoms with Crippen molar-refractivity contribution in [3.05, 3.63) is 52.7 Å². The van der Waals surface area contributed by atoms with Gasteiger partial charge >= 0.3 is 0 Å². The summed E-state index contributed by atoms with van der Waals surface area (Å²) in [6.45, 7) is 1.76. The van der Waals surface area contributed by atoms with Crippen LogP contribution in [0.3, 0.4) is 0 Å². The zero-order chi connectivity index (χ0) is 20.8. The summed E-state index contributed by atoms with van der Waals surface area (Å²) in [7, 11) is 0. The largest absolute Gasteiger partial charge is 0.366 e. The molecule has 6 nitrogen and oxygen atoms in total. The number of nitrogens with one attached hydrogen (secondary N) is 1. The Hall–Kier alpha value is -2.85. The molecule has 0 saturated heterocycles. The van der Waals surface area contributed by atoms with Gasteiger partial charge in [-0.25, -0.2) is 4.98 Å². The average molecular weight is 409 g/mol. The van der Waals surface area contributed by atoms with Crippen LogP contribution in [0, 0.1) is 11.3 Å². The highest BCUT2D eigenvalue weighted by Crippen LogP contribution is 2.30. The van der Waals surface area contributed by atoms with E-state index in [0.29, 0.717) is 16.3 Å². The van der Waals surface area contributed by atoms with E-state index < -0.39 is 11.2 Å². The molecule has 0 spiro atoms. The molecule has 0 radical (unpaired) electrons. The maximum atomic E-state index is 12.7. The molecule has 1 unspecified atom stereocenters. The highest BCUT2D eigenvalue weighted by atomic mass is 32.2. The van der Waals surface area contributed by atoms with Crippen LogP contribution in [-0.2, 0) is 17.6 Å². The molecule has 1 aromatic heterocycles. The molecule has 2 aromatic rings. The Bertz CT molecular complexity index is 968. The summed E-state index contributed by atoms with van der Waals surface area (Å²) in [5.41, 5.74) is 8.71. The van der Waals surface area contributed by atoms with Crippen LogP contribution in [0.15, 0.2) is 35.4 Å². The first kappa shape index (κ1) is 20.9. The number of aryl methyl sites for hydroxylation is 2. The highest BCUT2D eigenvalue weighted by Gasteiger charge is 2.21. The lowest BCUT2D eigenvalue weighted by Crippen LogP contribution is -2.25. The monoisotopic (exact) mass is 408 g/mol. The van der Waals surface area contributed by atoms with Crippen molar-refractivity contribution in [3.63, 3.8) is 0 Å². The van der Waals surface area contributed by atoms with Crippen LogP contribution in [0.2, 0.25) is 0 Å². The number of thioether (sulfide) groups is 1. The van der Waals surface area contributed by atoms with Crippen molar-refractivity contribution in [3.8, 4) is 6.07 Å². The summed E-state index contributed by atoms with van der Waals surface area (Å²) >= 11 is 1.26. The quantitative estimate of drug-likeness (QED) is 0.731. The third-order valence-corrected chi connectivity index (χ3v) is 6.10. The van der Waals surface area contributed by atoms with E-state index in [1.807, 2.05) is 6.07 Å². The summed E-state index contributed by atoms with van der Waals surface area (Å²) < 4.78 is 0. The Morgan fingerprint density at radius 2 is 1.93 bits per heavy atom. The fourth-order valence-electron chi connectivity index (χ4n) is 3.40. The maximum Gasteiger partial charge on any atom is 0.250 e. The molecule has 0 saturated carbocycles. The zero-order valence-corrected chi connectivity index (χ0v) is 17.2. The molecule has 0 fully saturated rings. The number of nitrogens with two attached hydrogens (primary N) is 1. The van der Waals surface area contributed by atoms with E-state index in [0.717, 1.165) is 36.9 Å². The molecule has 0 aliphatic heterocycles. The normalized spacial score (nSPS) is 14.6. The molecule has 1 aliphatic rings. The second kappa shape index (κ2) is 9.57. The predicted octanol–water partition coefficient (Wildman–Crippen LogP) is 3.83. The minimum absolute atomic E-state index is 0.259. The van der Waals surface area contributed by atoms with Gasteiger partial charge in [-0.05, 0) is 56.4 Å². The molecule has 1 aliphatic carbocycles. The van der Waals surface area contributed by atoms with Gasteiger partial charge in [0.1, 0.15) is 11.1 Å². The first-order valence-corrected chi connectivity index (χ1v) is 10.7. The van der Waals surface area contributed by atoms with E-state index in [1.165, 1.54) is 24.6 Å². The van der Waals surface area contributed by atoms with Gasteiger partial charge in [0.15, 0.2) is 0 Å². The molecular formula is C22H24N4O2S. The van der Waals surface area contributed by atoms with Gasteiger partial charge in [-0.2, -0.15) is 5.26 Å². The molecule has 1 heterocycles. The molecule has 1 aromatic carbocycles. The van der Waals surface area contributed by atoms with Crippen molar-refractivity contribution >= 4 is 29.3 Å². The van der Waals surface area contributed by atoms with Gasteiger partial charge in [0.05, 0.1) is 22.1 Å². The molecule has 1 atom stereocenters. The average Bonchev–Trinajstić information content (AvgIpc) is 2.69. The van der Waals surface area contributed by atoms with Gasteiger partial charge < -0.3 is 11.1 Å². The van der Waals surface area contributed by atoms with Crippen molar-refractivity contribution in [2.24, 2.45) is 5.73 Å². The number of hydrogen-bond donors (Lipinski definition) is 2. The smallest absolute Gasteiger partial charge is 0.250 e. The number of rotatable bonds is 5. The number of nitriles is 1. The second-order valence-corrected chi connectivity index (χ2v) is 8.46. The molecule has 0 bridgehead atoms. The molecule has 2 amide bonds. The van der Waals surface area contributed by atoms with E-state index in [4.69, 9.17) is 10.7 Å². The van der Waals surface area contributed by atoms with E-state index in [1.54, 1.807) is 31.2 Å². The van der Waals surface area contributed by atoms with E-state index in [9.17, 15) is 14.9 Å². The first-order chi connectivity index (χ1) is 14.0. The number of amides is 2. The van der Waals surface area contributed by atoms with Crippen LogP contribution in [0.25, 0.3) is 0 Å². The Morgan fingerprint density at radius 1 is 1.21 bits per heavy atom. The molecular weight excluding hydrogens is 384 g/mol. The number of para-hydroxylation sites is 1. The summed E-state index contributed by atoms with van der Waals surface area (Å²) in [6.07, 6.45) is 6.46. The van der Waals surface area contributed by atoms with E-state index in [-0.39, 0.29) is 11.5 Å². The Kier molecular flexibility index (Phi) is 6.89. The van der Waals surface area contributed by atoms with E-state index >= 15 is 0 Å². The first-order valence-electron chi connectivity index (χ1n) is 9.79. The van der Waals surface area contributed by atoms with Crippen LogP contribution in [0.5, 0.6) is 0 Å². The fourth-order valence-corrected chi connectivity index (χ4v) is 4.30. The summed E-state index contributed by atoms with van der Waals surface area (Å²) in [5, 5.41) is 12.4. The number of nitrogens with zero attached hydrogens (tertiary/aromatic N) is 2. The van der Waals surface area contributed by atoms with Crippen molar-refractivity contribution < 1.29 is 9.59 Å². The standard InChI is InChI=1S/C22H24N4O2S/c1-14(21(28)25-19-11-7-6-9-17(19)20(24)27)29-22-16(13-23)12-15-8-4-2-3-5-10-18(15)26-22/h6-7,9,11-12,14H,2-5,8,10H2,1H3,(H2,24,27)(H,25,28). The minimum Gasteiger partial charge on any atom is -0.366 e. The summed E-state index contributed by atoms with van der Waals surface area (Å²) in [6, 6.07) is 10.8. The minimum atomic E-state index is -0.601. The van der Waals surface area contributed by atoms with Crippen molar-refractivity contribution in [2.45, 2.75) is 55.7 Å². The van der Waals surface area contributed by atoms with Gasteiger partial charge in [-0.1, -0.05) is 36.7 Å². The van der Waals surface area contributed by atoms with Crippen molar-refractivity contribution in [1.82, 2.24) is 4.98 Å². The molecule has 29 heavy (non-hydrogen) atoms. The third-order valence-electron chi connectivity index (χ3n) is 4.99. The lowest BCUT2D eigenvalue weighted by Gasteiger charge is -2.17. The molecule has 3 rings (SSSR count). The number of aromatic nitrogens is 1. The lowest BCUT2D eigenvalue weighted by molar-refractivity contribution is -0.115. The number of primary amides is 1. The highest BCUT2D eigenvalue weighted by molar-refractivity contribution is 8.00. The Balaban J connectivity index is 1.78. The van der Waals surface area contributed by atoms with Crippen LogP contribution in [0.4, 0.5) is 5.69 Å². The second-order valence-electron chi connectivity index (χ2n) is 7.13. The van der Waals surface area contributed by atoms with Gasteiger partial charge in [0, 0.05) is 5.69 Å². The number of benzene rings is 1. The maximum absolute atomic E-state index is 12.7. The lowest BCUT2D eigenvalue weighted by atomic mass is 9.96. The van der Waals surface area contributed by atoms with Crippen LogP contribution in [0.1, 0.15) is 59.8 Å². The molecule has 3 N–H and O–H groups in total. The number of carbonyl (C=O) groups excluding carboxylic acids is 2. The molecule has 7 heteroatoms. The van der Waals surface area contributed by atoms with Crippen molar-refractivity contribution in [2.75, 3.05) is 5.32 Å². The summed E-state index contributed by atoms with van der Waals surface area (Å²) in [4.78, 5) is 29.0. The van der Waals surface area contributed by atoms with Gasteiger partial charge in [0.25, 0.3) is 5.91 Å². The molecule has 150 valence electrons. The predicted molar refractivity (Wildman–Crippen MR) is 114 cm³/mol. The number of anilines is 1. The Labute approximate surface area is 174 Å². The summed E-state index contributed by atoms with van der Waals surface area (Å²) in [5.74, 6) is -0.877. The van der Waals surface area contributed by atoms with Gasteiger partial charge in [-0.3, -0.25) is 9.59 Å². The van der Waals surface area contributed by atoms with Crippen LogP contribution in [-0.4, -0.2) is 22.0 Å². The van der Waals surface area contributed by atoms with Crippen LogP contribution >= 0.6 is 11.8 Å². The number of pyridine rings is 1. The SMILES string of the molecule is CC(Sc1nc2c(cc1C#N)CCCCCC2)C(=O)Nc1ccccc1C(N)=O. The fraction of sp³-hybridized carbons (Fsp3) is 0.364. The number of hydrogen-bond acceptors (Lipinski definition) is 5. The van der Waals surface area contributed by atoms with Gasteiger partial charge in [-0.15, -0.1) is 0 Å². The third kappa shape index (κ3) is 5.15. The Morgan fingerprint density at radius 3 is 2.66 bits per heavy atom. The topological polar surface area (TPSA) is 109 Å².